The Kier molecular flexibility index (Phi) is 3.94. The van der Waals surface area contributed by atoms with Gasteiger partial charge in [0.05, 0.1) is 0 Å². The van der Waals surface area contributed by atoms with Crippen molar-refractivity contribution in [2.75, 3.05) is 6.54 Å². The predicted octanol–water partition coefficient (Wildman–Crippen LogP) is 1.04. The normalized spacial score (nSPS) is 26.1. The lowest BCUT2D eigenvalue weighted by Crippen LogP contribution is -2.52. The van der Waals surface area contributed by atoms with Crippen LogP contribution in [0.2, 0.25) is 0 Å². The zero-order valence-electron chi connectivity index (χ0n) is 9.19. The lowest BCUT2D eigenvalue weighted by Gasteiger charge is -2.38. The number of carbonyl (C=O) groups excluding carboxylic acids is 1. The molecule has 0 aromatic rings. The van der Waals surface area contributed by atoms with E-state index in [0.717, 1.165) is 19.3 Å². The van der Waals surface area contributed by atoms with Gasteiger partial charge in [-0.2, -0.15) is 0 Å². The highest BCUT2D eigenvalue weighted by Gasteiger charge is 2.28. The summed E-state index contributed by atoms with van der Waals surface area (Å²) in [5.41, 5.74) is 0. The van der Waals surface area contributed by atoms with Crippen molar-refractivity contribution in [2.45, 2.75) is 45.2 Å². The topological polar surface area (TPSA) is 69.6 Å². The maximum atomic E-state index is 11.7. The van der Waals surface area contributed by atoms with Gasteiger partial charge in [-0.1, -0.05) is 0 Å². The van der Waals surface area contributed by atoms with Crippen molar-refractivity contribution >= 4 is 12.0 Å². The molecule has 0 saturated carbocycles. The van der Waals surface area contributed by atoms with Gasteiger partial charge in [-0.3, -0.25) is 4.79 Å². The molecule has 86 valence electrons. The molecule has 1 aliphatic heterocycles. The van der Waals surface area contributed by atoms with Gasteiger partial charge in [-0.25, -0.2) is 4.79 Å². The van der Waals surface area contributed by atoms with Crippen molar-refractivity contribution in [2.24, 2.45) is 0 Å². The van der Waals surface area contributed by atoms with Gasteiger partial charge in [-0.15, -0.1) is 0 Å². The maximum Gasteiger partial charge on any atom is 0.323 e. The number of carbonyl (C=O) groups is 2. The minimum absolute atomic E-state index is 0.197. The van der Waals surface area contributed by atoms with E-state index in [1.165, 1.54) is 0 Å². The quantitative estimate of drug-likeness (QED) is 0.721. The number of amides is 2. The fourth-order valence-corrected chi connectivity index (χ4v) is 2.06. The van der Waals surface area contributed by atoms with Gasteiger partial charge in [-0.05, 0) is 33.1 Å². The van der Waals surface area contributed by atoms with Crippen LogP contribution in [0, 0.1) is 0 Å². The smallest absolute Gasteiger partial charge is 0.323 e. The van der Waals surface area contributed by atoms with Gasteiger partial charge >= 0.3 is 12.0 Å². The van der Waals surface area contributed by atoms with Gasteiger partial charge in [0.2, 0.25) is 0 Å². The number of hydrogen-bond donors (Lipinski definition) is 2. The molecule has 0 aromatic heterocycles. The molecule has 2 atom stereocenters. The second-order valence-electron chi connectivity index (χ2n) is 4.09. The number of piperidine rings is 1. The second kappa shape index (κ2) is 5.00. The third-order valence-corrected chi connectivity index (χ3v) is 2.82. The Morgan fingerprint density at radius 1 is 1.33 bits per heavy atom. The summed E-state index contributed by atoms with van der Waals surface area (Å²) in [5.74, 6) is -1.01. The second-order valence-corrected chi connectivity index (χ2v) is 4.09. The Labute approximate surface area is 89.4 Å². The van der Waals surface area contributed by atoms with Crippen LogP contribution in [0.5, 0.6) is 0 Å². The van der Waals surface area contributed by atoms with Crippen LogP contribution in [0.3, 0.4) is 0 Å². The number of nitrogens with zero attached hydrogens (tertiary/aromatic N) is 1. The van der Waals surface area contributed by atoms with E-state index in [4.69, 9.17) is 5.11 Å². The first-order valence-corrected chi connectivity index (χ1v) is 5.30. The molecule has 1 saturated heterocycles. The molecule has 2 amide bonds. The molecule has 0 radical (unpaired) electrons. The monoisotopic (exact) mass is 214 g/mol. The Balaban J connectivity index is 2.51. The van der Waals surface area contributed by atoms with Crippen LogP contribution in [0.25, 0.3) is 0 Å². The number of carboxylic acids is 1. The highest BCUT2D eigenvalue weighted by molar-refractivity contribution is 5.80. The fraction of sp³-hybridized carbons (Fsp3) is 0.800. The molecular formula is C10H18N2O3. The third kappa shape index (κ3) is 3.11. The van der Waals surface area contributed by atoms with Crippen LogP contribution >= 0.6 is 0 Å². The number of aliphatic carboxylic acids is 1. The van der Waals surface area contributed by atoms with E-state index in [0.29, 0.717) is 0 Å². The molecule has 0 aliphatic carbocycles. The van der Waals surface area contributed by atoms with E-state index < -0.39 is 5.97 Å². The lowest BCUT2D eigenvalue weighted by molar-refractivity contribution is -0.135. The van der Waals surface area contributed by atoms with Gasteiger partial charge < -0.3 is 15.3 Å². The lowest BCUT2D eigenvalue weighted by atomic mass is 9.98. The number of carboxylic acid groups (broad SMARTS) is 1. The summed E-state index contributed by atoms with van der Waals surface area (Å²) < 4.78 is 0. The van der Waals surface area contributed by atoms with Crippen LogP contribution in [-0.4, -0.2) is 40.6 Å². The average molecular weight is 214 g/mol. The first kappa shape index (κ1) is 11.8. The fourth-order valence-electron chi connectivity index (χ4n) is 2.06. The Hall–Kier alpha value is -1.26. The highest BCUT2D eigenvalue weighted by Crippen LogP contribution is 2.22. The molecule has 0 unspecified atom stereocenters. The van der Waals surface area contributed by atoms with Crippen LogP contribution in [0.1, 0.15) is 33.1 Å². The summed E-state index contributed by atoms with van der Waals surface area (Å²) in [6.45, 7) is 3.68. The first-order chi connectivity index (χ1) is 7.02. The Morgan fingerprint density at radius 2 is 1.87 bits per heavy atom. The van der Waals surface area contributed by atoms with Gasteiger partial charge in [0.1, 0.15) is 6.54 Å². The molecule has 1 heterocycles. The Morgan fingerprint density at radius 3 is 2.33 bits per heavy atom. The molecule has 5 heteroatoms. The maximum absolute atomic E-state index is 11.7. The van der Waals surface area contributed by atoms with E-state index in [1.807, 2.05) is 13.8 Å². The molecule has 0 spiro atoms. The SMILES string of the molecule is C[C@@H]1CCC[C@H](C)N1C(=O)NCC(=O)O. The number of urea groups is 1. The molecule has 15 heavy (non-hydrogen) atoms. The van der Waals surface area contributed by atoms with E-state index in [-0.39, 0.29) is 24.7 Å². The van der Waals surface area contributed by atoms with E-state index in [2.05, 4.69) is 5.32 Å². The van der Waals surface area contributed by atoms with Crippen molar-refractivity contribution in [3.05, 3.63) is 0 Å². The molecule has 2 N–H and O–H groups in total. The average Bonchev–Trinajstić information content (AvgIpc) is 2.14. The predicted molar refractivity (Wildman–Crippen MR) is 55.6 cm³/mol. The summed E-state index contributed by atoms with van der Waals surface area (Å²) in [5, 5.41) is 10.9. The largest absolute Gasteiger partial charge is 0.480 e. The van der Waals surface area contributed by atoms with Gasteiger partial charge in [0.15, 0.2) is 0 Å². The molecule has 1 aliphatic rings. The number of nitrogens with one attached hydrogen (secondary N) is 1. The zero-order valence-corrected chi connectivity index (χ0v) is 9.19. The molecular weight excluding hydrogens is 196 g/mol. The van der Waals surface area contributed by atoms with E-state index in [1.54, 1.807) is 4.90 Å². The van der Waals surface area contributed by atoms with Crippen molar-refractivity contribution in [3.8, 4) is 0 Å². The summed E-state index contributed by atoms with van der Waals surface area (Å²) >= 11 is 0. The van der Waals surface area contributed by atoms with Crippen molar-refractivity contribution < 1.29 is 14.7 Å². The van der Waals surface area contributed by atoms with Crippen LogP contribution < -0.4 is 5.32 Å². The molecule has 1 fully saturated rings. The number of hydrogen-bond acceptors (Lipinski definition) is 2. The van der Waals surface area contributed by atoms with Crippen LogP contribution in [-0.2, 0) is 4.79 Å². The summed E-state index contributed by atoms with van der Waals surface area (Å²) in [7, 11) is 0. The van der Waals surface area contributed by atoms with E-state index in [9.17, 15) is 9.59 Å². The summed E-state index contributed by atoms with van der Waals surface area (Å²) in [6, 6.07) is 0.127. The summed E-state index contributed by atoms with van der Waals surface area (Å²) in [6.07, 6.45) is 3.11. The minimum Gasteiger partial charge on any atom is -0.480 e. The van der Waals surface area contributed by atoms with Crippen molar-refractivity contribution in [1.82, 2.24) is 10.2 Å². The zero-order chi connectivity index (χ0) is 11.4. The summed E-state index contributed by atoms with van der Waals surface area (Å²) in [4.78, 5) is 23.7. The Bertz CT molecular complexity index is 245. The van der Waals surface area contributed by atoms with E-state index >= 15 is 0 Å². The number of rotatable bonds is 2. The third-order valence-electron chi connectivity index (χ3n) is 2.82. The minimum atomic E-state index is -1.01. The standard InChI is InChI=1S/C10H18N2O3/c1-7-4-3-5-8(2)12(7)10(15)11-6-9(13)14/h7-8H,3-6H2,1-2H3,(H,11,15)(H,13,14)/t7-,8+. The number of likely N-dealkylation sites (tertiary alicyclic amines) is 1. The first-order valence-electron chi connectivity index (χ1n) is 5.30. The van der Waals surface area contributed by atoms with Crippen LogP contribution in [0.4, 0.5) is 4.79 Å². The van der Waals surface area contributed by atoms with Crippen molar-refractivity contribution in [1.29, 1.82) is 0 Å². The van der Waals surface area contributed by atoms with Gasteiger partial charge in [0.25, 0.3) is 0 Å². The van der Waals surface area contributed by atoms with Gasteiger partial charge in [0, 0.05) is 12.1 Å². The van der Waals surface area contributed by atoms with Crippen molar-refractivity contribution in [3.63, 3.8) is 0 Å². The molecule has 1 rings (SSSR count). The molecule has 0 bridgehead atoms. The highest BCUT2D eigenvalue weighted by atomic mass is 16.4. The molecule has 0 aromatic carbocycles. The van der Waals surface area contributed by atoms with Crippen LogP contribution in [0.15, 0.2) is 0 Å². The molecule has 5 nitrogen and oxygen atoms in total.